The van der Waals surface area contributed by atoms with E-state index in [-0.39, 0.29) is 5.56 Å². The van der Waals surface area contributed by atoms with Crippen LogP contribution >= 0.6 is 11.6 Å². The predicted octanol–water partition coefficient (Wildman–Crippen LogP) is 3.16. The molecule has 5 aromatic rings. The fourth-order valence-corrected chi connectivity index (χ4v) is 4.97. The van der Waals surface area contributed by atoms with Crippen molar-refractivity contribution in [1.29, 1.82) is 0 Å². The third-order valence-electron chi connectivity index (χ3n) is 7.16. The Balaban J connectivity index is 1.52. The van der Waals surface area contributed by atoms with Crippen LogP contribution in [0, 0.1) is 0 Å². The summed E-state index contributed by atoms with van der Waals surface area (Å²) in [4.78, 5) is 39.4. The van der Waals surface area contributed by atoms with Crippen molar-refractivity contribution in [2.45, 2.75) is 25.4 Å². The summed E-state index contributed by atoms with van der Waals surface area (Å²) in [6, 6.07) is 22.1. The second-order valence-corrected chi connectivity index (χ2v) is 10.8. The van der Waals surface area contributed by atoms with Crippen LogP contribution in [0.4, 0.5) is 5.69 Å². The molecule has 2 atom stereocenters. The summed E-state index contributed by atoms with van der Waals surface area (Å²) in [5.74, 6) is -1.13. The molecule has 0 aliphatic carbocycles. The van der Waals surface area contributed by atoms with E-state index in [1.165, 1.54) is 31.3 Å². The molecule has 2 aromatic heterocycles. The third kappa shape index (κ3) is 8.55. The van der Waals surface area contributed by atoms with Crippen LogP contribution in [0.1, 0.15) is 22.9 Å². The van der Waals surface area contributed by atoms with Gasteiger partial charge in [0.05, 0.1) is 30.1 Å². The Bertz CT molecular complexity index is 1950. The Kier molecular flexibility index (Phi) is 11.0. The third-order valence-corrected chi connectivity index (χ3v) is 7.40. The van der Waals surface area contributed by atoms with E-state index in [1.807, 2.05) is 30.3 Å². The van der Waals surface area contributed by atoms with E-state index < -0.39 is 36.4 Å². The molecule has 246 valence electrons. The van der Waals surface area contributed by atoms with Crippen molar-refractivity contribution in [2.24, 2.45) is 0 Å². The number of carbonyl (C=O) groups is 2. The van der Waals surface area contributed by atoms with E-state index in [9.17, 15) is 19.5 Å². The van der Waals surface area contributed by atoms with Gasteiger partial charge in [-0.3, -0.25) is 14.4 Å². The summed E-state index contributed by atoms with van der Waals surface area (Å²) >= 11 is 6.24. The molecule has 0 fully saturated rings. The first kappa shape index (κ1) is 33.7. The maximum atomic E-state index is 13.6. The predicted molar refractivity (Wildman–Crippen MR) is 177 cm³/mol. The van der Waals surface area contributed by atoms with E-state index in [1.54, 1.807) is 54.6 Å². The van der Waals surface area contributed by atoms with Crippen molar-refractivity contribution in [3.8, 4) is 16.8 Å². The molecule has 2 unspecified atom stereocenters. The van der Waals surface area contributed by atoms with Crippen LogP contribution in [-0.4, -0.2) is 67.6 Å². The molecule has 14 nitrogen and oxygen atoms in total. The smallest absolute Gasteiger partial charge is 0.327 e. The Morgan fingerprint density at radius 1 is 1.04 bits per heavy atom. The number of tetrazole rings is 1. The summed E-state index contributed by atoms with van der Waals surface area (Å²) in [6.07, 6.45) is 3.46. The molecule has 3 aromatic carbocycles. The van der Waals surface area contributed by atoms with E-state index in [0.717, 1.165) is 10.2 Å². The van der Waals surface area contributed by atoms with Crippen LogP contribution in [0.5, 0.6) is 0 Å². The minimum Gasteiger partial charge on any atom is -0.468 e. The van der Waals surface area contributed by atoms with Crippen LogP contribution in [-0.2, 0) is 32.0 Å². The topological polar surface area (TPSA) is 175 Å². The number of nitrogens with one attached hydrogen (secondary N) is 2. The highest BCUT2D eigenvalue weighted by Gasteiger charge is 2.21. The van der Waals surface area contributed by atoms with Gasteiger partial charge < -0.3 is 25.2 Å². The Hall–Kier alpha value is -5.70. The number of halogens is 1. The molecule has 5 rings (SSSR count). The van der Waals surface area contributed by atoms with Gasteiger partial charge in [0.15, 0.2) is 0 Å². The number of methoxy groups -OCH3 is 2. The summed E-state index contributed by atoms with van der Waals surface area (Å²) in [5, 5.41) is 31.7. The molecular weight excluding hydrogens is 640 g/mol. The van der Waals surface area contributed by atoms with E-state index in [4.69, 9.17) is 21.1 Å². The maximum absolute atomic E-state index is 13.6. The van der Waals surface area contributed by atoms with Crippen LogP contribution in [0.2, 0.25) is 5.02 Å². The molecule has 0 saturated heterocycles. The molecule has 0 radical (unpaired) electrons. The number of ether oxygens (including phenoxy) is 2. The zero-order valence-corrected chi connectivity index (χ0v) is 26.6. The number of nitrogens with zero attached hydrogens (tertiary/aromatic N) is 6. The molecule has 1 amide bonds. The van der Waals surface area contributed by atoms with E-state index in [2.05, 4.69) is 31.3 Å². The second kappa shape index (κ2) is 15.7. The van der Waals surface area contributed by atoms with Crippen molar-refractivity contribution in [1.82, 2.24) is 35.3 Å². The fourth-order valence-electron chi connectivity index (χ4n) is 4.78. The number of hydrogen-bond donors (Lipinski definition) is 3. The van der Waals surface area contributed by atoms with Crippen LogP contribution in [0.3, 0.4) is 0 Å². The average molecular weight is 671 g/mol. The Labute approximate surface area is 279 Å². The first-order chi connectivity index (χ1) is 23.2. The van der Waals surface area contributed by atoms with Crippen molar-refractivity contribution >= 4 is 35.2 Å². The summed E-state index contributed by atoms with van der Waals surface area (Å²) in [6.45, 7) is -0.448. The molecule has 0 aliphatic heterocycles. The lowest BCUT2D eigenvalue weighted by atomic mass is 10.00. The van der Waals surface area contributed by atoms with Crippen LogP contribution in [0.25, 0.3) is 22.9 Å². The highest BCUT2D eigenvalue weighted by atomic mass is 35.5. The lowest BCUT2D eigenvalue weighted by Crippen LogP contribution is -2.34. The molecular formula is C33H31ClN8O6. The quantitative estimate of drug-likeness (QED) is 0.0953. The van der Waals surface area contributed by atoms with Gasteiger partial charge in [0, 0.05) is 29.5 Å². The molecule has 0 bridgehead atoms. The van der Waals surface area contributed by atoms with Crippen molar-refractivity contribution in [2.75, 3.05) is 19.5 Å². The van der Waals surface area contributed by atoms with Gasteiger partial charge in [-0.1, -0.05) is 54.1 Å². The van der Waals surface area contributed by atoms with Crippen molar-refractivity contribution in [3.05, 3.63) is 123 Å². The number of aromatic nitrogens is 6. The number of amides is 1. The number of aliphatic hydroxyl groups excluding tert-OH is 1. The fraction of sp³-hybridized carbons (Fsp3) is 0.182. The molecule has 15 heteroatoms. The lowest BCUT2D eigenvalue weighted by molar-refractivity contribution is -0.141. The van der Waals surface area contributed by atoms with Gasteiger partial charge in [0.25, 0.3) is 5.56 Å². The number of rotatable bonds is 13. The minimum absolute atomic E-state index is 0.232. The number of hydrogen-bond acceptors (Lipinski definition) is 11. The van der Waals surface area contributed by atoms with E-state index >= 15 is 0 Å². The summed E-state index contributed by atoms with van der Waals surface area (Å²) in [5.41, 5.74) is 3.16. The Morgan fingerprint density at radius 2 is 1.81 bits per heavy atom. The first-order valence-corrected chi connectivity index (χ1v) is 14.9. The van der Waals surface area contributed by atoms with E-state index in [0.29, 0.717) is 39.6 Å². The minimum atomic E-state index is -1.22. The van der Waals surface area contributed by atoms with Gasteiger partial charge in [-0.2, -0.15) is 9.78 Å². The largest absolute Gasteiger partial charge is 0.468 e. The number of anilines is 1. The monoisotopic (exact) mass is 670 g/mol. The van der Waals surface area contributed by atoms with Gasteiger partial charge in [-0.05, 0) is 70.4 Å². The second-order valence-electron chi connectivity index (χ2n) is 10.4. The maximum Gasteiger partial charge on any atom is 0.327 e. The van der Waals surface area contributed by atoms with Crippen molar-refractivity contribution in [3.63, 3.8) is 0 Å². The lowest BCUT2D eigenvalue weighted by Gasteiger charge is -2.20. The molecule has 48 heavy (non-hydrogen) atoms. The zero-order chi connectivity index (χ0) is 34.0. The SMILES string of the molecule is COC(=O)Cn1nc(C(Cc2ccccc2)NC(=O)/C=C/c2cc(Cl)ccc2-n2cnnn2)cc(-c2ccc(NC(O)OC)cc2)c1=O. The van der Waals surface area contributed by atoms with Gasteiger partial charge in [0.2, 0.25) is 12.3 Å². The average Bonchev–Trinajstić information content (AvgIpc) is 3.64. The van der Waals surface area contributed by atoms with Gasteiger partial charge in [-0.25, -0.2) is 4.68 Å². The first-order valence-electron chi connectivity index (χ1n) is 14.6. The molecule has 0 saturated carbocycles. The standard InChI is InChI=1S/C33H31ClN8O6/c1-47-31(44)19-41-32(45)26(22-8-12-25(13-9-22)36-33(46)48-2)18-28(38-41)27(16-21-6-4-3-5-7-21)37-30(43)15-10-23-17-24(34)11-14-29(23)42-20-35-39-40-42/h3-15,17-18,20,27,33,36,46H,16,19H2,1-2H3,(H,37,43)/b15-10+. The molecule has 2 heterocycles. The Morgan fingerprint density at radius 3 is 2.50 bits per heavy atom. The zero-order valence-electron chi connectivity index (χ0n) is 25.9. The normalized spacial score (nSPS) is 12.4. The van der Waals surface area contributed by atoms with Gasteiger partial charge >= 0.3 is 5.97 Å². The van der Waals surface area contributed by atoms with Crippen molar-refractivity contribution < 1.29 is 24.2 Å². The molecule has 3 N–H and O–H groups in total. The number of esters is 1. The highest BCUT2D eigenvalue weighted by Crippen LogP contribution is 2.24. The van der Waals surface area contributed by atoms with Gasteiger partial charge in [-0.15, -0.1) is 5.10 Å². The summed E-state index contributed by atoms with van der Waals surface area (Å²) in [7, 11) is 2.56. The molecule has 0 aliphatic rings. The summed E-state index contributed by atoms with van der Waals surface area (Å²) < 4.78 is 12.1. The molecule has 0 spiro atoms. The van der Waals surface area contributed by atoms with Gasteiger partial charge in [0.1, 0.15) is 12.9 Å². The highest BCUT2D eigenvalue weighted by molar-refractivity contribution is 6.30. The number of carbonyl (C=O) groups excluding carboxylic acids is 2. The number of benzene rings is 3. The number of aliphatic hydroxyl groups is 1. The van der Waals surface area contributed by atoms with Crippen LogP contribution in [0.15, 0.2) is 96.1 Å². The van der Waals surface area contributed by atoms with Crippen LogP contribution < -0.4 is 16.2 Å².